The van der Waals surface area contributed by atoms with Gasteiger partial charge in [-0.15, -0.1) is 4.40 Å². The lowest BCUT2D eigenvalue weighted by molar-refractivity contribution is -0.118. The van der Waals surface area contributed by atoms with Crippen molar-refractivity contribution in [1.82, 2.24) is 9.55 Å². The zero-order chi connectivity index (χ0) is 17.2. The minimum Gasteiger partial charge on any atom is -0.368 e. The number of benzene rings is 1. The minimum atomic E-state index is -3.93. The van der Waals surface area contributed by atoms with Crippen LogP contribution in [0.25, 0.3) is 0 Å². The van der Waals surface area contributed by atoms with Gasteiger partial charge in [0.15, 0.2) is 0 Å². The van der Waals surface area contributed by atoms with Crippen LogP contribution < -0.4 is 11.4 Å². The summed E-state index contributed by atoms with van der Waals surface area (Å²) >= 11 is 0. The number of sulfonamides is 1. The molecule has 0 unspecified atom stereocenters. The Morgan fingerprint density at radius 1 is 1.22 bits per heavy atom. The molecule has 7 nitrogen and oxygen atoms in total. The van der Waals surface area contributed by atoms with Gasteiger partial charge in [0, 0.05) is 11.4 Å². The number of primary amides is 1. The van der Waals surface area contributed by atoms with Crippen molar-refractivity contribution in [3.8, 4) is 0 Å². The SMILES string of the molecule is Cc1ccc(S(=O)(=O)/N=c2\nc(C)cc(C)n2CC(N)=O)cc1. The Balaban J connectivity index is 2.66. The van der Waals surface area contributed by atoms with Crippen LogP contribution in [-0.2, 0) is 21.4 Å². The van der Waals surface area contributed by atoms with E-state index in [1.807, 2.05) is 6.92 Å². The summed E-state index contributed by atoms with van der Waals surface area (Å²) in [6.45, 7) is 5.12. The van der Waals surface area contributed by atoms with Crippen molar-refractivity contribution in [1.29, 1.82) is 0 Å². The smallest absolute Gasteiger partial charge is 0.285 e. The Morgan fingerprint density at radius 2 is 1.83 bits per heavy atom. The highest BCUT2D eigenvalue weighted by molar-refractivity contribution is 7.90. The summed E-state index contributed by atoms with van der Waals surface area (Å²) in [4.78, 5) is 15.4. The molecule has 1 aromatic heterocycles. The first-order valence-corrected chi connectivity index (χ1v) is 8.34. The van der Waals surface area contributed by atoms with Gasteiger partial charge in [-0.2, -0.15) is 8.42 Å². The molecule has 0 aliphatic rings. The lowest BCUT2D eigenvalue weighted by Gasteiger charge is -2.10. The second-order valence-corrected chi connectivity index (χ2v) is 6.87. The van der Waals surface area contributed by atoms with Crippen LogP contribution in [-0.4, -0.2) is 23.9 Å². The first-order chi connectivity index (χ1) is 10.7. The molecule has 0 aliphatic carbocycles. The van der Waals surface area contributed by atoms with Crippen LogP contribution in [0, 0.1) is 20.8 Å². The van der Waals surface area contributed by atoms with Crippen LogP contribution in [0.1, 0.15) is 17.0 Å². The third-order valence-electron chi connectivity index (χ3n) is 3.20. The summed E-state index contributed by atoms with van der Waals surface area (Å²) in [5.74, 6) is -0.604. The number of aryl methyl sites for hydroxylation is 3. The zero-order valence-corrected chi connectivity index (χ0v) is 14.0. The Kier molecular flexibility index (Phi) is 4.65. The van der Waals surface area contributed by atoms with E-state index in [9.17, 15) is 13.2 Å². The first-order valence-electron chi connectivity index (χ1n) is 6.90. The van der Waals surface area contributed by atoms with Crippen LogP contribution in [0.2, 0.25) is 0 Å². The lowest BCUT2D eigenvalue weighted by Crippen LogP contribution is -2.33. The van der Waals surface area contributed by atoms with Gasteiger partial charge in [0.05, 0.1) is 4.90 Å². The number of amides is 1. The molecule has 2 N–H and O–H groups in total. The van der Waals surface area contributed by atoms with E-state index in [0.717, 1.165) is 5.56 Å². The maximum atomic E-state index is 12.4. The van der Waals surface area contributed by atoms with Crippen molar-refractivity contribution in [2.24, 2.45) is 10.1 Å². The number of carbonyl (C=O) groups excluding carboxylic acids is 1. The number of hydrogen-bond donors (Lipinski definition) is 1. The molecule has 2 aromatic rings. The van der Waals surface area contributed by atoms with Crippen molar-refractivity contribution in [2.75, 3.05) is 0 Å². The predicted octanol–water partition coefficient (Wildman–Crippen LogP) is 0.583. The fraction of sp³-hybridized carbons (Fsp3) is 0.267. The van der Waals surface area contributed by atoms with Gasteiger partial charge in [-0.1, -0.05) is 17.7 Å². The van der Waals surface area contributed by atoms with Crippen LogP contribution in [0.15, 0.2) is 39.6 Å². The molecule has 0 saturated carbocycles. The molecule has 0 saturated heterocycles. The van der Waals surface area contributed by atoms with Gasteiger partial charge in [0.1, 0.15) is 6.54 Å². The molecule has 0 spiro atoms. The van der Waals surface area contributed by atoms with Crippen molar-refractivity contribution in [2.45, 2.75) is 32.2 Å². The van der Waals surface area contributed by atoms with E-state index >= 15 is 0 Å². The van der Waals surface area contributed by atoms with E-state index in [2.05, 4.69) is 9.38 Å². The maximum Gasteiger partial charge on any atom is 0.285 e. The van der Waals surface area contributed by atoms with E-state index in [1.54, 1.807) is 32.0 Å². The van der Waals surface area contributed by atoms with Gasteiger partial charge in [-0.25, -0.2) is 4.98 Å². The predicted molar refractivity (Wildman–Crippen MR) is 84.8 cm³/mol. The second-order valence-electron chi connectivity index (χ2n) is 5.27. The number of hydrogen-bond acceptors (Lipinski definition) is 4. The lowest BCUT2D eigenvalue weighted by atomic mass is 10.2. The van der Waals surface area contributed by atoms with Gasteiger partial charge in [-0.05, 0) is 39.0 Å². The summed E-state index contributed by atoms with van der Waals surface area (Å²) in [6.07, 6.45) is 0. The topological polar surface area (TPSA) is 107 Å². The second kappa shape index (κ2) is 6.33. The average Bonchev–Trinajstić information content (AvgIpc) is 2.42. The van der Waals surface area contributed by atoms with E-state index < -0.39 is 15.9 Å². The molecule has 23 heavy (non-hydrogen) atoms. The summed E-state index contributed by atoms with van der Waals surface area (Å²) in [5, 5.41) is 0. The molecule has 1 amide bonds. The third kappa shape index (κ3) is 4.04. The van der Waals surface area contributed by atoms with E-state index in [1.165, 1.54) is 16.7 Å². The molecule has 2 rings (SSSR count). The summed E-state index contributed by atoms with van der Waals surface area (Å²) in [7, 11) is -3.93. The van der Waals surface area contributed by atoms with E-state index in [-0.39, 0.29) is 17.1 Å². The number of nitrogens with two attached hydrogens (primary N) is 1. The molecule has 0 aliphatic heterocycles. The fourth-order valence-electron chi connectivity index (χ4n) is 2.08. The quantitative estimate of drug-likeness (QED) is 0.882. The fourth-order valence-corrected chi connectivity index (χ4v) is 3.02. The van der Waals surface area contributed by atoms with Gasteiger partial charge in [0.25, 0.3) is 10.0 Å². The minimum absolute atomic E-state index is 0.0645. The van der Waals surface area contributed by atoms with E-state index in [4.69, 9.17) is 5.73 Å². The molecule has 8 heteroatoms. The van der Waals surface area contributed by atoms with Crippen LogP contribution in [0.4, 0.5) is 0 Å². The third-order valence-corrected chi connectivity index (χ3v) is 4.47. The van der Waals surface area contributed by atoms with Gasteiger partial charge in [0.2, 0.25) is 11.5 Å². The zero-order valence-electron chi connectivity index (χ0n) is 13.1. The summed E-state index contributed by atoms with van der Waals surface area (Å²) in [5.41, 5.74) is 7.33. The molecular formula is C15H18N4O3S. The first kappa shape index (κ1) is 16.9. The number of aromatic nitrogens is 2. The molecule has 0 radical (unpaired) electrons. The molecular weight excluding hydrogens is 316 g/mol. The summed E-state index contributed by atoms with van der Waals surface area (Å²) < 4.78 is 30.0. The number of rotatable bonds is 4. The Bertz CT molecular complexity index is 913. The summed E-state index contributed by atoms with van der Waals surface area (Å²) in [6, 6.07) is 8.06. The molecule has 1 heterocycles. The monoisotopic (exact) mass is 334 g/mol. The number of nitrogens with zero attached hydrogens (tertiary/aromatic N) is 3. The Morgan fingerprint density at radius 3 is 2.39 bits per heavy atom. The van der Waals surface area contributed by atoms with E-state index in [0.29, 0.717) is 11.4 Å². The average molecular weight is 334 g/mol. The molecule has 0 atom stereocenters. The molecule has 122 valence electrons. The van der Waals surface area contributed by atoms with Crippen LogP contribution in [0.3, 0.4) is 0 Å². The maximum absolute atomic E-state index is 12.4. The van der Waals surface area contributed by atoms with Crippen molar-refractivity contribution < 1.29 is 13.2 Å². The standard InChI is InChI=1S/C15H18N4O3S/c1-10-4-6-13(7-5-10)23(21,22)18-15-17-11(2)8-12(3)19(15)9-14(16)20/h4-8H,9H2,1-3H3,(H2,16,20)/b18-15+. The normalized spacial score (nSPS) is 12.4. The van der Waals surface area contributed by atoms with Crippen molar-refractivity contribution >= 4 is 15.9 Å². The molecule has 1 aromatic carbocycles. The van der Waals surface area contributed by atoms with Gasteiger partial charge in [-0.3, -0.25) is 4.79 Å². The Hall–Kier alpha value is -2.48. The number of carbonyl (C=O) groups is 1. The van der Waals surface area contributed by atoms with Gasteiger partial charge >= 0.3 is 0 Å². The largest absolute Gasteiger partial charge is 0.368 e. The van der Waals surface area contributed by atoms with Gasteiger partial charge < -0.3 is 10.3 Å². The van der Waals surface area contributed by atoms with Crippen LogP contribution >= 0.6 is 0 Å². The highest BCUT2D eigenvalue weighted by Gasteiger charge is 2.14. The molecule has 0 bridgehead atoms. The Labute approximate surface area is 134 Å². The highest BCUT2D eigenvalue weighted by Crippen LogP contribution is 2.12. The highest BCUT2D eigenvalue weighted by atomic mass is 32.2. The van der Waals surface area contributed by atoms with Crippen molar-refractivity contribution in [3.63, 3.8) is 0 Å². The molecule has 0 fully saturated rings. The van der Waals surface area contributed by atoms with Crippen molar-refractivity contribution in [3.05, 3.63) is 52.9 Å². The van der Waals surface area contributed by atoms with Crippen LogP contribution in [0.5, 0.6) is 0 Å².